The lowest BCUT2D eigenvalue weighted by molar-refractivity contribution is -0.389. The molecule has 1 N–H and O–H groups in total. The zero-order valence-corrected chi connectivity index (χ0v) is 9.09. The first kappa shape index (κ1) is 14.5. The highest BCUT2D eigenvalue weighted by molar-refractivity contribution is 5.96. The molecule has 0 unspecified atom stereocenters. The van der Waals surface area contributed by atoms with Gasteiger partial charge >= 0.3 is 23.9 Å². The summed E-state index contributed by atoms with van der Waals surface area (Å²) in [6, 6.07) is 0. The molecular weight excluding hydrogens is 277 g/mol. The topological polar surface area (TPSA) is 112 Å². The third kappa shape index (κ3) is 3.20. The molecule has 0 bridgehead atoms. The number of nitro groups is 1. The number of carboxylic acids is 1. The van der Waals surface area contributed by atoms with E-state index in [0.717, 1.165) is 7.11 Å². The van der Waals surface area contributed by atoms with Gasteiger partial charge in [-0.25, -0.2) is 9.78 Å². The molecule has 1 heterocycles. The van der Waals surface area contributed by atoms with Crippen molar-refractivity contribution in [2.24, 2.45) is 0 Å². The van der Waals surface area contributed by atoms with E-state index in [1.807, 2.05) is 0 Å². The normalized spacial score (nSPS) is 10.9. The Morgan fingerprint density at radius 3 is 2.47 bits per heavy atom. The van der Waals surface area contributed by atoms with Crippen LogP contribution in [0.5, 0.6) is 11.6 Å². The maximum Gasteiger partial charge on any atom is 0.574 e. The van der Waals surface area contributed by atoms with E-state index in [0.29, 0.717) is 6.20 Å². The molecule has 0 aromatic carbocycles. The number of alkyl halides is 3. The number of methoxy groups -OCH3 is 1. The number of rotatable bonds is 4. The van der Waals surface area contributed by atoms with Crippen molar-refractivity contribution in [3.63, 3.8) is 0 Å². The van der Waals surface area contributed by atoms with Crippen LogP contribution in [0.25, 0.3) is 0 Å². The maximum atomic E-state index is 12.0. The number of aromatic nitrogens is 1. The molecule has 0 saturated carbocycles. The van der Waals surface area contributed by atoms with Crippen molar-refractivity contribution in [2.75, 3.05) is 7.11 Å². The van der Waals surface area contributed by atoms with Crippen molar-refractivity contribution in [1.82, 2.24) is 4.98 Å². The van der Waals surface area contributed by atoms with Gasteiger partial charge in [0.1, 0.15) is 0 Å². The fourth-order valence-corrected chi connectivity index (χ4v) is 1.18. The number of carboxylic acid groups (broad SMARTS) is 1. The van der Waals surface area contributed by atoms with Crippen molar-refractivity contribution in [3.8, 4) is 11.6 Å². The molecule has 1 aromatic heterocycles. The average molecular weight is 282 g/mol. The van der Waals surface area contributed by atoms with E-state index >= 15 is 0 Å². The van der Waals surface area contributed by atoms with Gasteiger partial charge in [0.2, 0.25) is 0 Å². The SMILES string of the molecule is COc1cnc(OC(F)(F)F)c([N+](=O)[O-])c1C(=O)O. The standard InChI is InChI=1S/C8H5F3N2O6/c1-18-3-2-12-6(19-8(9,10)11)5(13(16)17)4(3)7(14)15/h2H,1H3,(H,14,15). The number of hydrogen-bond acceptors (Lipinski definition) is 6. The summed E-state index contributed by atoms with van der Waals surface area (Å²) in [6.45, 7) is 0. The minimum Gasteiger partial charge on any atom is -0.494 e. The smallest absolute Gasteiger partial charge is 0.494 e. The largest absolute Gasteiger partial charge is 0.574 e. The highest BCUT2D eigenvalue weighted by atomic mass is 19.4. The fourth-order valence-electron chi connectivity index (χ4n) is 1.18. The number of pyridine rings is 1. The molecule has 0 fully saturated rings. The van der Waals surface area contributed by atoms with Crippen molar-refractivity contribution in [1.29, 1.82) is 0 Å². The Morgan fingerprint density at radius 1 is 1.53 bits per heavy atom. The predicted molar refractivity (Wildman–Crippen MR) is 51.1 cm³/mol. The van der Waals surface area contributed by atoms with Crippen molar-refractivity contribution in [2.45, 2.75) is 6.36 Å². The summed E-state index contributed by atoms with van der Waals surface area (Å²) in [7, 11) is 0.984. The van der Waals surface area contributed by atoms with Crippen LogP contribution in [0.1, 0.15) is 10.4 Å². The molecule has 104 valence electrons. The third-order valence-electron chi connectivity index (χ3n) is 1.81. The van der Waals surface area contributed by atoms with Crippen molar-refractivity contribution >= 4 is 11.7 Å². The van der Waals surface area contributed by atoms with Gasteiger partial charge in [-0.05, 0) is 0 Å². The molecule has 0 aliphatic carbocycles. The van der Waals surface area contributed by atoms with Gasteiger partial charge in [0.25, 0.3) is 0 Å². The summed E-state index contributed by atoms with van der Waals surface area (Å²) in [5.74, 6) is -3.89. The van der Waals surface area contributed by atoms with Crippen molar-refractivity contribution in [3.05, 3.63) is 21.9 Å². The second kappa shape index (κ2) is 4.96. The molecule has 8 nitrogen and oxygen atoms in total. The first-order chi connectivity index (χ1) is 8.67. The monoisotopic (exact) mass is 282 g/mol. The van der Waals surface area contributed by atoms with Gasteiger partial charge in [0.05, 0.1) is 18.2 Å². The quantitative estimate of drug-likeness (QED) is 0.659. The molecule has 0 amide bonds. The molecule has 0 saturated heterocycles. The van der Waals surface area contributed by atoms with Gasteiger partial charge in [-0.2, -0.15) is 0 Å². The Bertz CT molecular complexity index is 530. The summed E-state index contributed by atoms with van der Waals surface area (Å²) in [4.78, 5) is 23.3. The number of aromatic carboxylic acids is 1. The summed E-state index contributed by atoms with van der Waals surface area (Å²) < 4.78 is 43.9. The molecule has 0 aliphatic rings. The molecule has 11 heteroatoms. The molecule has 19 heavy (non-hydrogen) atoms. The lowest BCUT2D eigenvalue weighted by Gasteiger charge is -2.10. The Balaban J connectivity index is 3.54. The zero-order valence-electron chi connectivity index (χ0n) is 9.09. The minimum absolute atomic E-state index is 0.561. The van der Waals surface area contributed by atoms with Gasteiger partial charge < -0.3 is 14.6 Å². The van der Waals surface area contributed by atoms with E-state index in [2.05, 4.69) is 14.5 Å². The predicted octanol–water partition coefficient (Wildman–Crippen LogP) is 1.60. The van der Waals surface area contributed by atoms with Crippen LogP contribution in [-0.4, -0.2) is 34.5 Å². The summed E-state index contributed by atoms with van der Waals surface area (Å²) >= 11 is 0. The van der Waals surface area contributed by atoms with Gasteiger partial charge in [-0.1, -0.05) is 0 Å². The molecule has 0 spiro atoms. The van der Waals surface area contributed by atoms with Crippen LogP contribution in [0, 0.1) is 10.1 Å². The second-order valence-electron chi connectivity index (χ2n) is 2.97. The summed E-state index contributed by atoms with van der Waals surface area (Å²) in [6.07, 6.45) is -4.67. The van der Waals surface area contributed by atoms with Gasteiger partial charge in [0.15, 0.2) is 11.3 Å². The Morgan fingerprint density at radius 2 is 2.11 bits per heavy atom. The Kier molecular flexibility index (Phi) is 3.77. The fraction of sp³-hybridized carbons (Fsp3) is 0.250. The summed E-state index contributed by atoms with van der Waals surface area (Å²) in [5.41, 5.74) is -2.52. The number of carbonyl (C=O) groups is 1. The van der Waals surface area contributed by atoms with Gasteiger partial charge in [-0.15, -0.1) is 13.2 Å². The van der Waals surface area contributed by atoms with Gasteiger partial charge in [-0.3, -0.25) is 10.1 Å². The average Bonchev–Trinajstić information content (AvgIpc) is 2.25. The van der Waals surface area contributed by atoms with Crippen LogP contribution >= 0.6 is 0 Å². The highest BCUT2D eigenvalue weighted by Crippen LogP contribution is 2.37. The number of hydrogen-bond donors (Lipinski definition) is 1. The van der Waals surface area contributed by atoms with Crippen LogP contribution in [0.2, 0.25) is 0 Å². The Labute approximate surface area is 102 Å². The minimum atomic E-state index is -5.25. The highest BCUT2D eigenvalue weighted by Gasteiger charge is 2.39. The molecule has 1 aromatic rings. The lowest BCUT2D eigenvalue weighted by Crippen LogP contribution is -2.20. The third-order valence-corrected chi connectivity index (χ3v) is 1.81. The summed E-state index contributed by atoms with van der Waals surface area (Å²) in [5, 5.41) is 19.5. The first-order valence-corrected chi connectivity index (χ1v) is 4.37. The van der Waals surface area contributed by atoms with Crippen LogP contribution in [0.15, 0.2) is 6.20 Å². The number of halogens is 3. The van der Waals surface area contributed by atoms with Crippen LogP contribution in [-0.2, 0) is 0 Å². The zero-order chi connectivity index (χ0) is 14.8. The molecule has 0 aliphatic heterocycles. The molecule has 0 atom stereocenters. The first-order valence-electron chi connectivity index (χ1n) is 4.37. The lowest BCUT2D eigenvalue weighted by atomic mass is 10.2. The molecule has 0 radical (unpaired) electrons. The van der Waals surface area contributed by atoms with Crippen molar-refractivity contribution < 1.29 is 37.5 Å². The number of ether oxygens (including phenoxy) is 2. The van der Waals surface area contributed by atoms with Crippen LogP contribution < -0.4 is 9.47 Å². The van der Waals surface area contributed by atoms with E-state index in [9.17, 15) is 28.1 Å². The van der Waals surface area contributed by atoms with E-state index < -0.39 is 40.1 Å². The van der Waals surface area contributed by atoms with E-state index in [1.165, 1.54) is 0 Å². The van der Waals surface area contributed by atoms with Crippen LogP contribution in [0.4, 0.5) is 18.9 Å². The number of nitrogens with zero attached hydrogens (tertiary/aromatic N) is 2. The van der Waals surface area contributed by atoms with Gasteiger partial charge in [0, 0.05) is 0 Å². The maximum absolute atomic E-state index is 12.0. The second-order valence-corrected chi connectivity index (χ2v) is 2.97. The van der Waals surface area contributed by atoms with Crippen LogP contribution in [0.3, 0.4) is 0 Å². The van der Waals surface area contributed by atoms with E-state index in [1.54, 1.807) is 0 Å². The van der Waals surface area contributed by atoms with E-state index in [4.69, 9.17) is 5.11 Å². The molecule has 1 rings (SSSR count). The Hall–Kier alpha value is -2.59. The molecular formula is C8H5F3N2O6. The van der Waals surface area contributed by atoms with E-state index in [-0.39, 0.29) is 0 Å².